The molecule has 1 amide bonds. The monoisotopic (exact) mass is 371 g/mol. The second kappa shape index (κ2) is 6.27. The van der Waals surface area contributed by atoms with Crippen LogP contribution in [-0.2, 0) is 6.18 Å². The van der Waals surface area contributed by atoms with Crippen LogP contribution in [0.3, 0.4) is 0 Å². The van der Waals surface area contributed by atoms with E-state index in [1.54, 1.807) is 22.7 Å². The molecule has 0 aliphatic rings. The van der Waals surface area contributed by atoms with Gasteiger partial charge in [0.05, 0.1) is 34.8 Å². The minimum absolute atomic E-state index is 0.234. The van der Waals surface area contributed by atoms with E-state index in [4.69, 9.17) is 0 Å². The molecule has 1 aromatic carbocycles. The summed E-state index contributed by atoms with van der Waals surface area (Å²) in [6.45, 7) is 0. The lowest BCUT2D eigenvalue weighted by molar-refractivity contribution is -0.137. The number of carbonyl (C=O) groups excluding carboxylic acids is 1. The SMILES string of the molecule is O=C(Nc1cnn(-c2cccc(C(F)(F)F)c2)c1)c1ncn2ccccc12. The van der Waals surface area contributed by atoms with Crippen molar-refractivity contribution in [1.82, 2.24) is 19.2 Å². The molecular weight excluding hydrogens is 359 g/mol. The molecule has 6 nitrogen and oxygen atoms in total. The average Bonchev–Trinajstić information content (AvgIpc) is 3.28. The molecule has 0 bridgehead atoms. The molecular formula is C18H12F3N5O. The van der Waals surface area contributed by atoms with Gasteiger partial charge in [0.25, 0.3) is 5.91 Å². The molecule has 4 rings (SSSR count). The average molecular weight is 371 g/mol. The number of pyridine rings is 1. The second-order valence-corrected chi connectivity index (χ2v) is 5.76. The van der Waals surface area contributed by atoms with E-state index in [-0.39, 0.29) is 11.4 Å². The Hall–Kier alpha value is -3.62. The number of anilines is 1. The minimum atomic E-state index is -4.44. The first-order valence-electron chi connectivity index (χ1n) is 7.87. The van der Waals surface area contributed by atoms with E-state index in [2.05, 4.69) is 15.4 Å². The van der Waals surface area contributed by atoms with Crippen molar-refractivity contribution in [2.24, 2.45) is 0 Å². The van der Waals surface area contributed by atoms with Gasteiger partial charge in [0.2, 0.25) is 0 Å². The zero-order valence-electron chi connectivity index (χ0n) is 13.7. The van der Waals surface area contributed by atoms with Gasteiger partial charge in [-0.05, 0) is 30.3 Å². The van der Waals surface area contributed by atoms with E-state index < -0.39 is 17.6 Å². The van der Waals surface area contributed by atoms with E-state index in [0.717, 1.165) is 12.1 Å². The molecule has 27 heavy (non-hydrogen) atoms. The highest BCUT2D eigenvalue weighted by Crippen LogP contribution is 2.30. The van der Waals surface area contributed by atoms with Crippen LogP contribution in [0, 0.1) is 0 Å². The van der Waals surface area contributed by atoms with Crippen LogP contribution in [-0.4, -0.2) is 25.1 Å². The first-order chi connectivity index (χ1) is 12.9. The van der Waals surface area contributed by atoms with Crippen molar-refractivity contribution in [3.63, 3.8) is 0 Å². The molecule has 0 saturated carbocycles. The summed E-state index contributed by atoms with van der Waals surface area (Å²) < 4.78 is 41.5. The fourth-order valence-corrected chi connectivity index (χ4v) is 2.66. The number of halogens is 3. The summed E-state index contributed by atoms with van der Waals surface area (Å²) in [4.78, 5) is 16.5. The number of hydrogen-bond acceptors (Lipinski definition) is 3. The normalized spacial score (nSPS) is 11.7. The molecule has 0 atom stereocenters. The van der Waals surface area contributed by atoms with E-state index in [0.29, 0.717) is 11.2 Å². The molecule has 0 radical (unpaired) electrons. The Balaban J connectivity index is 1.57. The smallest absolute Gasteiger partial charge is 0.318 e. The topological polar surface area (TPSA) is 64.2 Å². The Labute approximate surface area is 150 Å². The highest BCUT2D eigenvalue weighted by molar-refractivity contribution is 6.07. The lowest BCUT2D eigenvalue weighted by Crippen LogP contribution is -2.12. The molecule has 9 heteroatoms. The predicted octanol–water partition coefficient (Wildman–Crippen LogP) is 3.79. The molecule has 3 aromatic heterocycles. The molecule has 0 unspecified atom stereocenters. The summed E-state index contributed by atoms with van der Waals surface area (Å²) in [7, 11) is 0. The number of fused-ring (bicyclic) bond motifs is 1. The van der Waals surface area contributed by atoms with E-state index in [9.17, 15) is 18.0 Å². The molecule has 136 valence electrons. The highest BCUT2D eigenvalue weighted by atomic mass is 19.4. The van der Waals surface area contributed by atoms with Crippen LogP contribution in [0.4, 0.5) is 18.9 Å². The first kappa shape index (κ1) is 16.8. The van der Waals surface area contributed by atoms with Gasteiger partial charge in [-0.3, -0.25) is 4.79 Å². The number of rotatable bonds is 3. The van der Waals surface area contributed by atoms with Crippen molar-refractivity contribution in [1.29, 1.82) is 0 Å². The molecule has 1 N–H and O–H groups in total. The summed E-state index contributed by atoms with van der Waals surface area (Å²) in [5.41, 5.74) is 0.681. The number of hydrogen-bond donors (Lipinski definition) is 1. The first-order valence-corrected chi connectivity index (χ1v) is 7.87. The zero-order chi connectivity index (χ0) is 19.0. The third-order valence-electron chi connectivity index (χ3n) is 3.94. The molecule has 0 fully saturated rings. The second-order valence-electron chi connectivity index (χ2n) is 5.76. The molecule has 0 aliphatic heterocycles. The predicted molar refractivity (Wildman–Crippen MR) is 91.7 cm³/mol. The van der Waals surface area contributed by atoms with E-state index in [1.165, 1.54) is 35.5 Å². The van der Waals surface area contributed by atoms with Gasteiger partial charge in [-0.1, -0.05) is 12.1 Å². The van der Waals surface area contributed by atoms with Gasteiger partial charge in [-0.25, -0.2) is 9.67 Å². The summed E-state index contributed by atoms with van der Waals surface area (Å²) in [5.74, 6) is -0.438. The lowest BCUT2D eigenvalue weighted by Gasteiger charge is -2.08. The van der Waals surface area contributed by atoms with E-state index >= 15 is 0 Å². The number of carbonyl (C=O) groups is 1. The van der Waals surface area contributed by atoms with E-state index in [1.807, 2.05) is 6.07 Å². The number of amides is 1. The fourth-order valence-electron chi connectivity index (χ4n) is 2.66. The quantitative estimate of drug-likeness (QED) is 0.596. The van der Waals surface area contributed by atoms with Crippen LogP contribution in [0.1, 0.15) is 16.1 Å². The largest absolute Gasteiger partial charge is 0.416 e. The van der Waals surface area contributed by atoms with Gasteiger partial charge >= 0.3 is 6.18 Å². The summed E-state index contributed by atoms with van der Waals surface area (Å²) in [5, 5.41) is 6.67. The number of nitrogens with one attached hydrogen (secondary N) is 1. The van der Waals surface area contributed by atoms with Crippen LogP contribution in [0.5, 0.6) is 0 Å². The van der Waals surface area contributed by atoms with Crippen molar-refractivity contribution in [2.75, 3.05) is 5.32 Å². The molecule has 4 aromatic rings. The van der Waals surface area contributed by atoms with Crippen molar-refractivity contribution >= 4 is 17.1 Å². The molecule has 0 saturated heterocycles. The molecule has 3 heterocycles. The molecule has 0 aliphatic carbocycles. The third-order valence-corrected chi connectivity index (χ3v) is 3.94. The van der Waals surface area contributed by atoms with Crippen LogP contribution in [0.25, 0.3) is 11.2 Å². The Kier molecular flexibility index (Phi) is 3.91. The third kappa shape index (κ3) is 3.26. The van der Waals surface area contributed by atoms with Crippen LogP contribution >= 0.6 is 0 Å². The Morgan fingerprint density at radius 3 is 2.78 bits per heavy atom. The highest BCUT2D eigenvalue weighted by Gasteiger charge is 2.30. The Bertz CT molecular complexity index is 1130. The van der Waals surface area contributed by atoms with Gasteiger partial charge in [0, 0.05) is 6.20 Å². The van der Waals surface area contributed by atoms with Crippen molar-refractivity contribution in [3.8, 4) is 5.69 Å². The van der Waals surface area contributed by atoms with Gasteiger partial charge < -0.3 is 9.72 Å². The van der Waals surface area contributed by atoms with Gasteiger partial charge in [-0.2, -0.15) is 18.3 Å². The number of benzene rings is 1. The van der Waals surface area contributed by atoms with Crippen LogP contribution in [0.2, 0.25) is 0 Å². The minimum Gasteiger partial charge on any atom is -0.318 e. The van der Waals surface area contributed by atoms with Crippen molar-refractivity contribution in [2.45, 2.75) is 6.18 Å². The Morgan fingerprint density at radius 1 is 1.11 bits per heavy atom. The summed E-state index contributed by atoms with van der Waals surface area (Å²) >= 11 is 0. The number of nitrogens with zero attached hydrogens (tertiary/aromatic N) is 4. The lowest BCUT2D eigenvalue weighted by atomic mass is 10.2. The number of alkyl halides is 3. The van der Waals surface area contributed by atoms with Gasteiger partial charge in [0.15, 0.2) is 5.69 Å². The van der Waals surface area contributed by atoms with Crippen molar-refractivity contribution in [3.05, 3.63) is 78.6 Å². The number of imidazole rings is 1. The summed E-state index contributed by atoms with van der Waals surface area (Å²) in [6.07, 6.45) is 1.64. The zero-order valence-corrected chi connectivity index (χ0v) is 13.7. The van der Waals surface area contributed by atoms with Crippen LogP contribution in [0.15, 0.2) is 67.4 Å². The van der Waals surface area contributed by atoms with Gasteiger partial charge in [-0.15, -0.1) is 0 Å². The summed E-state index contributed by atoms with van der Waals surface area (Å²) in [6, 6.07) is 10.1. The van der Waals surface area contributed by atoms with Crippen LogP contribution < -0.4 is 5.32 Å². The Morgan fingerprint density at radius 2 is 1.96 bits per heavy atom. The van der Waals surface area contributed by atoms with Gasteiger partial charge in [0.1, 0.15) is 6.33 Å². The number of aromatic nitrogens is 4. The van der Waals surface area contributed by atoms with Crippen molar-refractivity contribution < 1.29 is 18.0 Å². The molecule has 0 spiro atoms. The standard InChI is InChI=1S/C18H12F3N5O/c19-18(20,21)12-4-3-5-14(8-12)26-10-13(9-23-26)24-17(27)16-15-6-1-2-7-25(15)11-22-16/h1-11H,(H,24,27). The fraction of sp³-hybridized carbons (Fsp3) is 0.0556. The maximum atomic E-state index is 12.9. The maximum Gasteiger partial charge on any atom is 0.416 e. The maximum absolute atomic E-state index is 12.9.